The minimum atomic E-state index is 0.443. The molecule has 0 radical (unpaired) electrons. The summed E-state index contributed by atoms with van der Waals surface area (Å²) < 4.78 is 0. The van der Waals surface area contributed by atoms with Gasteiger partial charge in [0.15, 0.2) is 0 Å². The van der Waals surface area contributed by atoms with Crippen LogP contribution in [0.2, 0.25) is 0 Å². The van der Waals surface area contributed by atoms with Gasteiger partial charge in [0.25, 0.3) is 0 Å². The number of rotatable bonds is 6. The number of carbonyl (C=O) groups excluding carboxylic acids is 1. The standard InChI is InChI=1S/C11H22N2O/c1-2-3-4-5-6-11-9-12-7-8-13(11)10-14/h10-12H,2-9H2,1H3. The van der Waals surface area contributed by atoms with E-state index in [9.17, 15) is 4.79 Å². The zero-order chi connectivity index (χ0) is 10.2. The summed E-state index contributed by atoms with van der Waals surface area (Å²) >= 11 is 0. The molecule has 0 bridgehead atoms. The second kappa shape index (κ2) is 6.82. The lowest BCUT2D eigenvalue weighted by Gasteiger charge is -2.33. The zero-order valence-corrected chi connectivity index (χ0v) is 9.17. The van der Waals surface area contributed by atoms with Gasteiger partial charge in [0.05, 0.1) is 0 Å². The third kappa shape index (κ3) is 3.66. The summed E-state index contributed by atoms with van der Waals surface area (Å²) in [5, 5.41) is 3.34. The van der Waals surface area contributed by atoms with Crippen LogP contribution in [0.15, 0.2) is 0 Å². The molecule has 1 N–H and O–H groups in total. The van der Waals surface area contributed by atoms with Crippen LogP contribution in [0.5, 0.6) is 0 Å². The van der Waals surface area contributed by atoms with Crippen LogP contribution in [-0.4, -0.2) is 37.0 Å². The summed E-state index contributed by atoms with van der Waals surface area (Å²) in [6, 6.07) is 0.443. The van der Waals surface area contributed by atoms with Crippen molar-refractivity contribution in [1.82, 2.24) is 10.2 Å². The van der Waals surface area contributed by atoms with E-state index in [0.29, 0.717) is 6.04 Å². The number of amides is 1. The first-order valence-electron chi connectivity index (χ1n) is 5.80. The van der Waals surface area contributed by atoms with Gasteiger partial charge in [0.2, 0.25) is 6.41 Å². The topological polar surface area (TPSA) is 32.3 Å². The first-order chi connectivity index (χ1) is 6.88. The minimum absolute atomic E-state index is 0.443. The van der Waals surface area contributed by atoms with E-state index in [2.05, 4.69) is 12.2 Å². The highest BCUT2D eigenvalue weighted by atomic mass is 16.1. The Bertz CT molecular complexity index is 161. The van der Waals surface area contributed by atoms with E-state index in [1.165, 1.54) is 25.7 Å². The molecule has 1 unspecified atom stereocenters. The molecule has 1 aliphatic heterocycles. The molecule has 0 aromatic heterocycles. The molecule has 82 valence electrons. The van der Waals surface area contributed by atoms with Crippen molar-refractivity contribution >= 4 is 6.41 Å². The van der Waals surface area contributed by atoms with Gasteiger partial charge < -0.3 is 10.2 Å². The molecule has 1 rings (SSSR count). The highest BCUT2D eigenvalue weighted by Crippen LogP contribution is 2.11. The number of piperazine rings is 1. The van der Waals surface area contributed by atoms with Crippen molar-refractivity contribution in [3.05, 3.63) is 0 Å². The van der Waals surface area contributed by atoms with Crippen LogP contribution in [0, 0.1) is 0 Å². The molecular formula is C11H22N2O. The quantitative estimate of drug-likeness (QED) is 0.516. The Balaban J connectivity index is 2.16. The van der Waals surface area contributed by atoms with E-state index < -0.39 is 0 Å². The van der Waals surface area contributed by atoms with E-state index in [-0.39, 0.29) is 0 Å². The van der Waals surface area contributed by atoms with Gasteiger partial charge in [0.1, 0.15) is 0 Å². The molecule has 1 saturated heterocycles. The van der Waals surface area contributed by atoms with Crippen LogP contribution in [0.3, 0.4) is 0 Å². The second-order valence-corrected chi connectivity index (χ2v) is 4.05. The Hall–Kier alpha value is -0.570. The van der Waals surface area contributed by atoms with Gasteiger partial charge in [-0.3, -0.25) is 4.79 Å². The van der Waals surface area contributed by atoms with Crippen molar-refractivity contribution < 1.29 is 4.79 Å². The van der Waals surface area contributed by atoms with Crippen LogP contribution >= 0.6 is 0 Å². The maximum absolute atomic E-state index is 10.8. The normalized spacial score (nSPS) is 22.4. The van der Waals surface area contributed by atoms with Crippen LogP contribution < -0.4 is 5.32 Å². The van der Waals surface area contributed by atoms with E-state index in [0.717, 1.165) is 32.5 Å². The Morgan fingerprint density at radius 2 is 2.29 bits per heavy atom. The molecule has 3 heteroatoms. The molecule has 0 aliphatic carbocycles. The summed E-state index contributed by atoms with van der Waals surface area (Å²) in [5.41, 5.74) is 0. The molecule has 14 heavy (non-hydrogen) atoms. The van der Waals surface area contributed by atoms with Crippen molar-refractivity contribution in [2.45, 2.75) is 45.1 Å². The fourth-order valence-corrected chi connectivity index (χ4v) is 1.99. The third-order valence-corrected chi connectivity index (χ3v) is 2.92. The molecule has 1 fully saturated rings. The Morgan fingerprint density at radius 3 is 3.00 bits per heavy atom. The maximum atomic E-state index is 10.8. The minimum Gasteiger partial charge on any atom is -0.340 e. The first kappa shape index (κ1) is 11.5. The summed E-state index contributed by atoms with van der Waals surface area (Å²) in [7, 11) is 0. The fourth-order valence-electron chi connectivity index (χ4n) is 1.99. The Kier molecular flexibility index (Phi) is 5.60. The third-order valence-electron chi connectivity index (χ3n) is 2.92. The average Bonchev–Trinajstić information content (AvgIpc) is 2.25. The number of carbonyl (C=O) groups is 1. The van der Waals surface area contributed by atoms with Crippen LogP contribution in [0.1, 0.15) is 39.0 Å². The molecule has 1 atom stereocenters. The van der Waals surface area contributed by atoms with Gasteiger partial charge in [-0.2, -0.15) is 0 Å². The van der Waals surface area contributed by atoms with Gasteiger partial charge in [-0.1, -0.05) is 32.6 Å². The molecule has 0 aromatic rings. The highest BCUT2D eigenvalue weighted by Gasteiger charge is 2.19. The van der Waals surface area contributed by atoms with Gasteiger partial charge in [-0.05, 0) is 6.42 Å². The average molecular weight is 198 g/mol. The number of hydrogen-bond donors (Lipinski definition) is 1. The smallest absolute Gasteiger partial charge is 0.210 e. The zero-order valence-electron chi connectivity index (χ0n) is 9.17. The number of nitrogens with zero attached hydrogens (tertiary/aromatic N) is 1. The first-order valence-corrected chi connectivity index (χ1v) is 5.80. The van der Waals surface area contributed by atoms with E-state index >= 15 is 0 Å². The van der Waals surface area contributed by atoms with Crippen molar-refractivity contribution in [1.29, 1.82) is 0 Å². The molecule has 0 spiro atoms. The van der Waals surface area contributed by atoms with Gasteiger partial charge in [0, 0.05) is 25.7 Å². The van der Waals surface area contributed by atoms with Crippen molar-refractivity contribution in [3.63, 3.8) is 0 Å². The predicted octanol–water partition coefficient (Wildman–Crippen LogP) is 1.39. The lowest BCUT2D eigenvalue weighted by Crippen LogP contribution is -2.50. The SMILES string of the molecule is CCCCCCC1CNCCN1C=O. The maximum Gasteiger partial charge on any atom is 0.210 e. The largest absolute Gasteiger partial charge is 0.340 e. The number of hydrogen-bond acceptors (Lipinski definition) is 2. The molecule has 1 amide bonds. The Labute approximate surface area is 86.9 Å². The molecule has 3 nitrogen and oxygen atoms in total. The predicted molar refractivity (Wildman–Crippen MR) is 58.2 cm³/mol. The van der Waals surface area contributed by atoms with Crippen molar-refractivity contribution in [2.24, 2.45) is 0 Å². The summed E-state index contributed by atoms with van der Waals surface area (Å²) in [5.74, 6) is 0. The lowest BCUT2D eigenvalue weighted by atomic mass is 10.0. The van der Waals surface area contributed by atoms with Crippen LogP contribution in [0.4, 0.5) is 0 Å². The molecule has 1 heterocycles. The molecule has 0 saturated carbocycles. The van der Waals surface area contributed by atoms with Crippen LogP contribution in [0.25, 0.3) is 0 Å². The summed E-state index contributed by atoms with van der Waals surface area (Å²) in [6.45, 7) is 5.02. The highest BCUT2D eigenvalue weighted by molar-refractivity contribution is 5.48. The summed E-state index contributed by atoms with van der Waals surface area (Å²) in [6.07, 6.45) is 7.32. The van der Waals surface area contributed by atoms with Gasteiger partial charge in [-0.15, -0.1) is 0 Å². The van der Waals surface area contributed by atoms with Gasteiger partial charge in [-0.25, -0.2) is 0 Å². The number of nitrogens with one attached hydrogen (secondary N) is 1. The summed E-state index contributed by atoms with van der Waals surface area (Å²) in [4.78, 5) is 12.7. The van der Waals surface area contributed by atoms with E-state index in [1.54, 1.807) is 0 Å². The monoisotopic (exact) mass is 198 g/mol. The number of unbranched alkanes of at least 4 members (excludes halogenated alkanes) is 3. The fraction of sp³-hybridized carbons (Fsp3) is 0.909. The van der Waals surface area contributed by atoms with E-state index in [4.69, 9.17) is 0 Å². The second-order valence-electron chi connectivity index (χ2n) is 4.05. The molecule has 1 aliphatic rings. The van der Waals surface area contributed by atoms with Crippen molar-refractivity contribution in [2.75, 3.05) is 19.6 Å². The van der Waals surface area contributed by atoms with E-state index in [1.807, 2.05) is 4.90 Å². The lowest BCUT2D eigenvalue weighted by molar-refractivity contribution is -0.121. The van der Waals surface area contributed by atoms with Crippen molar-refractivity contribution in [3.8, 4) is 0 Å². The van der Waals surface area contributed by atoms with Gasteiger partial charge >= 0.3 is 0 Å². The molecular weight excluding hydrogens is 176 g/mol. The Morgan fingerprint density at radius 1 is 1.43 bits per heavy atom. The molecule has 0 aromatic carbocycles. The van der Waals surface area contributed by atoms with Crippen LogP contribution in [-0.2, 0) is 4.79 Å².